The van der Waals surface area contributed by atoms with Crippen LogP contribution in [0.2, 0.25) is 0 Å². The van der Waals surface area contributed by atoms with Gasteiger partial charge in [0.05, 0.1) is 6.04 Å². The Kier molecular flexibility index (Phi) is 8.41. The molecule has 0 aliphatic heterocycles. The minimum Gasteiger partial charge on any atom is -0.462 e. The van der Waals surface area contributed by atoms with Crippen molar-refractivity contribution in [2.75, 3.05) is 13.2 Å². The molecule has 8 nitrogen and oxygen atoms in total. The van der Waals surface area contributed by atoms with E-state index in [1.165, 1.54) is 0 Å². The van der Waals surface area contributed by atoms with Crippen LogP contribution in [-0.4, -0.2) is 43.0 Å². The van der Waals surface area contributed by atoms with Gasteiger partial charge in [-0.25, -0.2) is 9.59 Å². The second-order valence-electron chi connectivity index (χ2n) is 6.65. The number of nitrogens with one attached hydrogen (secondary N) is 2. The van der Waals surface area contributed by atoms with Crippen molar-refractivity contribution in [3.63, 3.8) is 0 Å². The number of alkyl carbamates (subject to hydrolysis) is 2. The first-order valence-electron chi connectivity index (χ1n) is 8.25. The third kappa shape index (κ3) is 10.2. The van der Waals surface area contributed by atoms with Crippen molar-refractivity contribution < 1.29 is 28.6 Å². The van der Waals surface area contributed by atoms with Gasteiger partial charge in [-0.2, -0.15) is 0 Å². The van der Waals surface area contributed by atoms with Crippen molar-refractivity contribution in [3.05, 3.63) is 35.9 Å². The lowest BCUT2D eigenvalue weighted by Crippen LogP contribution is -2.41. The molecule has 0 heterocycles. The van der Waals surface area contributed by atoms with Gasteiger partial charge in [-0.15, -0.1) is 0 Å². The van der Waals surface area contributed by atoms with Crippen molar-refractivity contribution in [2.24, 2.45) is 0 Å². The molecule has 0 aliphatic rings. The highest BCUT2D eigenvalue weighted by atomic mass is 16.6. The van der Waals surface area contributed by atoms with Crippen molar-refractivity contribution in [2.45, 2.75) is 45.9 Å². The Morgan fingerprint density at radius 3 is 2.31 bits per heavy atom. The van der Waals surface area contributed by atoms with E-state index in [0.29, 0.717) is 0 Å². The highest BCUT2D eigenvalue weighted by Crippen LogP contribution is 2.06. The van der Waals surface area contributed by atoms with Gasteiger partial charge in [-0.1, -0.05) is 30.3 Å². The van der Waals surface area contributed by atoms with Crippen molar-refractivity contribution in [1.29, 1.82) is 0 Å². The van der Waals surface area contributed by atoms with Crippen LogP contribution in [0.5, 0.6) is 0 Å². The highest BCUT2D eigenvalue weighted by molar-refractivity contribution is 5.77. The number of benzene rings is 1. The van der Waals surface area contributed by atoms with Crippen LogP contribution in [-0.2, 0) is 25.6 Å². The number of hydrogen-bond donors (Lipinski definition) is 2. The minimum atomic E-state index is -0.717. The molecule has 0 saturated heterocycles. The van der Waals surface area contributed by atoms with Crippen molar-refractivity contribution >= 4 is 18.2 Å². The average molecular weight is 366 g/mol. The lowest BCUT2D eigenvalue weighted by Gasteiger charge is -2.21. The third-order valence-corrected chi connectivity index (χ3v) is 2.85. The predicted molar refractivity (Wildman–Crippen MR) is 94.4 cm³/mol. The number of hydrogen-bond acceptors (Lipinski definition) is 6. The quantitative estimate of drug-likeness (QED) is 0.567. The molecule has 0 bridgehead atoms. The third-order valence-electron chi connectivity index (χ3n) is 2.85. The molecule has 0 aliphatic carbocycles. The molecule has 2 N–H and O–H groups in total. The monoisotopic (exact) mass is 366 g/mol. The summed E-state index contributed by atoms with van der Waals surface area (Å²) in [5.41, 5.74) is 0.233. The van der Waals surface area contributed by atoms with Gasteiger partial charge in [0.1, 0.15) is 25.4 Å². The Balaban J connectivity index is 2.17. The van der Waals surface area contributed by atoms with Gasteiger partial charge in [-0.3, -0.25) is 4.79 Å². The lowest BCUT2D eigenvalue weighted by molar-refractivity contribution is -0.143. The first-order chi connectivity index (χ1) is 12.2. The van der Waals surface area contributed by atoms with Gasteiger partial charge >= 0.3 is 18.2 Å². The maximum absolute atomic E-state index is 11.6. The van der Waals surface area contributed by atoms with E-state index in [4.69, 9.17) is 14.2 Å². The Bertz CT molecular complexity index is 597. The standard InChI is InChI=1S/C18H26N2O6/c1-13(20-17(23)26-18(2,3)4)11-24-15(21)10-19-16(22)25-12-14-8-6-5-7-9-14/h5-9,13H,10-12H2,1-4H3,(H,19,22)(H,20,23)/t13-/m0/s1. The van der Waals surface area contributed by atoms with Gasteiger partial charge in [0.15, 0.2) is 0 Å². The average Bonchev–Trinajstić information content (AvgIpc) is 2.55. The number of esters is 1. The zero-order valence-corrected chi connectivity index (χ0v) is 15.5. The van der Waals surface area contributed by atoms with Crippen molar-refractivity contribution in [3.8, 4) is 0 Å². The Hall–Kier alpha value is -2.77. The fourth-order valence-corrected chi connectivity index (χ4v) is 1.74. The topological polar surface area (TPSA) is 103 Å². The molecule has 2 amide bonds. The second-order valence-corrected chi connectivity index (χ2v) is 6.65. The number of ether oxygens (including phenoxy) is 3. The molecule has 26 heavy (non-hydrogen) atoms. The van der Waals surface area contributed by atoms with Crippen LogP contribution in [0.1, 0.15) is 33.3 Å². The fraction of sp³-hybridized carbons (Fsp3) is 0.500. The lowest BCUT2D eigenvalue weighted by atomic mass is 10.2. The number of carbonyl (C=O) groups excluding carboxylic acids is 3. The Morgan fingerprint density at radius 1 is 1.04 bits per heavy atom. The zero-order chi connectivity index (χ0) is 19.6. The summed E-state index contributed by atoms with van der Waals surface area (Å²) < 4.78 is 15.0. The van der Waals surface area contributed by atoms with Crippen LogP contribution in [0.25, 0.3) is 0 Å². The molecule has 1 atom stereocenters. The van der Waals surface area contributed by atoms with E-state index in [9.17, 15) is 14.4 Å². The normalized spacial score (nSPS) is 11.8. The SMILES string of the molecule is C[C@@H](COC(=O)CNC(=O)OCc1ccccc1)NC(=O)OC(C)(C)C. The minimum absolute atomic E-state index is 0.0428. The molecule has 0 saturated carbocycles. The molecule has 1 rings (SSSR count). The summed E-state index contributed by atoms with van der Waals surface area (Å²) in [4.78, 5) is 34.7. The number of rotatable bonds is 7. The molecule has 0 radical (unpaired) electrons. The van der Waals surface area contributed by atoms with E-state index in [1.807, 2.05) is 30.3 Å². The van der Waals surface area contributed by atoms with E-state index in [0.717, 1.165) is 5.56 Å². The first-order valence-corrected chi connectivity index (χ1v) is 8.25. The van der Waals surface area contributed by atoms with Crippen LogP contribution in [0.3, 0.4) is 0 Å². The Labute approximate surface area is 153 Å². The van der Waals surface area contributed by atoms with Crippen LogP contribution < -0.4 is 10.6 Å². The zero-order valence-electron chi connectivity index (χ0n) is 15.5. The molecule has 0 unspecified atom stereocenters. The van der Waals surface area contributed by atoms with Crippen LogP contribution in [0.4, 0.5) is 9.59 Å². The van der Waals surface area contributed by atoms with Gasteiger partial charge in [0.25, 0.3) is 0 Å². The summed E-state index contributed by atoms with van der Waals surface area (Å²) in [5.74, 6) is -0.639. The molecular weight excluding hydrogens is 340 g/mol. The largest absolute Gasteiger partial charge is 0.462 e. The number of amides is 2. The predicted octanol–water partition coefficient (Wildman–Crippen LogP) is 2.37. The summed E-state index contributed by atoms with van der Waals surface area (Å²) in [6.45, 7) is 6.66. The van der Waals surface area contributed by atoms with Gasteiger partial charge < -0.3 is 24.8 Å². The first kappa shape index (κ1) is 21.3. The van der Waals surface area contributed by atoms with Gasteiger partial charge in [0.2, 0.25) is 0 Å². The Morgan fingerprint density at radius 2 is 1.69 bits per heavy atom. The highest BCUT2D eigenvalue weighted by Gasteiger charge is 2.18. The van der Waals surface area contributed by atoms with Crippen molar-refractivity contribution in [1.82, 2.24) is 10.6 Å². The molecule has 1 aromatic rings. The van der Waals surface area contributed by atoms with Crippen LogP contribution in [0, 0.1) is 0 Å². The van der Waals surface area contributed by atoms with Crippen LogP contribution >= 0.6 is 0 Å². The number of carbonyl (C=O) groups is 3. The summed E-state index contributed by atoms with van der Waals surface area (Å²) in [5, 5.41) is 4.85. The summed E-state index contributed by atoms with van der Waals surface area (Å²) >= 11 is 0. The molecular formula is C18H26N2O6. The van der Waals surface area contributed by atoms with Gasteiger partial charge in [-0.05, 0) is 33.3 Å². The maximum atomic E-state index is 11.6. The second kappa shape index (κ2) is 10.3. The molecule has 0 aromatic heterocycles. The maximum Gasteiger partial charge on any atom is 0.407 e. The van der Waals surface area contributed by atoms with E-state index in [2.05, 4.69) is 10.6 Å². The molecule has 0 spiro atoms. The molecule has 0 fully saturated rings. The van der Waals surface area contributed by atoms with E-state index in [-0.39, 0.29) is 19.8 Å². The fourth-order valence-electron chi connectivity index (χ4n) is 1.74. The molecule has 1 aromatic carbocycles. The summed E-state index contributed by atoms with van der Waals surface area (Å²) in [6.07, 6.45) is -1.31. The van der Waals surface area contributed by atoms with E-state index < -0.39 is 29.8 Å². The molecule has 144 valence electrons. The molecule has 8 heteroatoms. The van der Waals surface area contributed by atoms with E-state index in [1.54, 1.807) is 27.7 Å². The van der Waals surface area contributed by atoms with E-state index >= 15 is 0 Å². The smallest absolute Gasteiger partial charge is 0.407 e. The summed E-state index contributed by atoms with van der Waals surface area (Å²) in [7, 11) is 0. The summed E-state index contributed by atoms with van der Waals surface area (Å²) in [6, 6.07) is 8.74. The van der Waals surface area contributed by atoms with Crippen LogP contribution in [0.15, 0.2) is 30.3 Å². The van der Waals surface area contributed by atoms with Gasteiger partial charge in [0, 0.05) is 0 Å².